The molecule has 0 aromatic carbocycles. The van der Waals surface area contributed by atoms with Crippen LogP contribution in [0.5, 0.6) is 0 Å². The quantitative estimate of drug-likeness (QED) is 0.362. The van der Waals surface area contributed by atoms with E-state index in [0.717, 1.165) is 31.6 Å². The number of hydrogen-bond donors (Lipinski definition) is 2. The molecule has 3 N–H and O–H groups in total. The van der Waals surface area contributed by atoms with E-state index < -0.39 is 0 Å². The molecular formula is C13H20N4O. The minimum Gasteiger partial charge on any atom is -0.409 e. The number of aromatic nitrogens is 1. The number of anilines is 1. The fourth-order valence-electron chi connectivity index (χ4n) is 2.25. The van der Waals surface area contributed by atoms with Crippen LogP contribution in [-0.2, 0) is 0 Å². The maximum atomic E-state index is 8.80. The normalized spacial score (nSPS) is 19.9. The van der Waals surface area contributed by atoms with Crippen LogP contribution in [0.1, 0.15) is 32.4 Å². The minimum atomic E-state index is 0.0652. The van der Waals surface area contributed by atoms with Crippen molar-refractivity contribution >= 4 is 11.5 Å². The Morgan fingerprint density at radius 2 is 2.11 bits per heavy atom. The largest absolute Gasteiger partial charge is 0.409 e. The average Bonchev–Trinajstić information content (AvgIpc) is 2.38. The smallest absolute Gasteiger partial charge is 0.190 e. The van der Waals surface area contributed by atoms with Crippen LogP contribution in [0.25, 0.3) is 0 Å². The molecule has 1 aromatic rings. The predicted octanol–water partition coefficient (Wildman–Crippen LogP) is 1.80. The van der Waals surface area contributed by atoms with Gasteiger partial charge in [0.15, 0.2) is 5.84 Å². The Labute approximate surface area is 107 Å². The molecule has 1 aliphatic rings. The van der Waals surface area contributed by atoms with Crippen LogP contribution in [0.2, 0.25) is 0 Å². The van der Waals surface area contributed by atoms with Crippen molar-refractivity contribution in [1.82, 2.24) is 4.98 Å². The van der Waals surface area contributed by atoms with E-state index in [1.54, 1.807) is 6.20 Å². The van der Waals surface area contributed by atoms with E-state index in [0.29, 0.717) is 11.1 Å². The zero-order valence-corrected chi connectivity index (χ0v) is 10.9. The first-order valence-corrected chi connectivity index (χ1v) is 6.21. The molecule has 0 saturated carbocycles. The molecule has 1 fully saturated rings. The molecule has 1 aromatic heterocycles. The number of pyridine rings is 1. The summed E-state index contributed by atoms with van der Waals surface area (Å²) in [6.45, 7) is 6.53. The second-order valence-corrected chi connectivity index (χ2v) is 5.51. The van der Waals surface area contributed by atoms with E-state index in [-0.39, 0.29) is 5.84 Å². The third kappa shape index (κ3) is 2.55. The first kappa shape index (κ1) is 12.7. The fraction of sp³-hybridized carbons (Fsp3) is 0.538. The number of hydrogen-bond acceptors (Lipinski definition) is 4. The average molecular weight is 248 g/mol. The van der Waals surface area contributed by atoms with E-state index in [9.17, 15) is 0 Å². The van der Waals surface area contributed by atoms with E-state index >= 15 is 0 Å². The molecule has 98 valence electrons. The van der Waals surface area contributed by atoms with Gasteiger partial charge in [0, 0.05) is 19.3 Å². The highest BCUT2D eigenvalue weighted by atomic mass is 16.4. The first-order valence-electron chi connectivity index (χ1n) is 6.21. The Hall–Kier alpha value is -1.78. The van der Waals surface area contributed by atoms with Crippen molar-refractivity contribution in [2.45, 2.75) is 26.7 Å². The highest BCUT2D eigenvalue weighted by molar-refractivity contribution is 6.00. The lowest BCUT2D eigenvalue weighted by atomic mass is 9.82. The van der Waals surface area contributed by atoms with Gasteiger partial charge in [0.1, 0.15) is 5.69 Å². The number of piperidine rings is 1. The third-order valence-corrected chi connectivity index (χ3v) is 3.59. The Bertz CT molecular complexity index is 446. The van der Waals surface area contributed by atoms with Gasteiger partial charge in [0.25, 0.3) is 0 Å². The summed E-state index contributed by atoms with van der Waals surface area (Å²) in [6.07, 6.45) is 3.93. The Balaban J connectivity index is 2.24. The molecule has 0 amide bonds. The summed E-state index contributed by atoms with van der Waals surface area (Å²) >= 11 is 0. The van der Waals surface area contributed by atoms with Gasteiger partial charge in [-0.25, -0.2) is 0 Å². The monoisotopic (exact) mass is 248 g/mol. The highest BCUT2D eigenvalue weighted by Gasteiger charge is 2.27. The Kier molecular flexibility index (Phi) is 3.41. The number of nitrogens with zero attached hydrogens (tertiary/aromatic N) is 3. The van der Waals surface area contributed by atoms with Gasteiger partial charge in [0.05, 0.1) is 5.69 Å². The Morgan fingerprint density at radius 3 is 2.72 bits per heavy atom. The summed E-state index contributed by atoms with van der Waals surface area (Å²) in [7, 11) is 0. The van der Waals surface area contributed by atoms with Gasteiger partial charge in [-0.2, -0.15) is 0 Å². The van der Waals surface area contributed by atoms with Crippen LogP contribution in [0.4, 0.5) is 5.69 Å². The summed E-state index contributed by atoms with van der Waals surface area (Å²) in [5.41, 5.74) is 7.57. The van der Waals surface area contributed by atoms with Gasteiger partial charge in [-0.3, -0.25) is 4.98 Å². The number of rotatable bonds is 2. The molecule has 18 heavy (non-hydrogen) atoms. The van der Waals surface area contributed by atoms with Crippen molar-refractivity contribution < 1.29 is 5.21 Å². The zero-order valence-electron chi connectivity index (χ0n) is 10.9. The molecule has 5 nitrogen and oxygen atoms in total. The molecule has 2 heterocycles. The van der Waals surface area contributed by atoms with Crippen LogP contribution in [-0.4, -0.2) is 29.1 Å². The standard InChI is InChI=1S/C13H20N4O/c1-13(2)5-8-17(9-6-13)10-4-3-7-15-11(10)12(14)16-18/h3-4,7,18H,5-6,8-9H2,1-2H3,(H2,14,16). The lowest BCUT2D eigenvalue weighted by molar-refractivity contribution is 0.279. The fourth-order valence-corrected chi connectivity index (χ4v) is 2.25. The van der Waals surface area contributed by atoms with Crippen LogP contribution >= 0.6 is 0 Å². The maximum absolute atomic E-state index is 8.80. The van der Waals surface area contributed by atoms with E-state index in [2.05, 4.69) is 28.9 Å². The second kappa shape index (κ2) is 4.84. The summed E-state index contributed by atoms with van der Waals surface area (Å²) < 4.78 is 0. The number of amidine groups is 1. The van der Waals surface area contributed by atoms with E-state index in [4.69, 9.17) is 10.9 Å². The SMILES string of the molecule is CC1(C)CCN(c2cccnc2/C(N)=N/O)CC1. The lowest BCUT2D eigenvalue weighted by Crippen LogP contribution is -2.38. The molecule has 5 heteroatoms. The first-order chi connectivity index (χ1) is 8.53. The third-order valence-electron chi connectivity index (χ3n) is 3.59. The molecule has 0 radical (unpaired) electrons. The molecule has 1 saturated heterocycles. The topological polar surface area (TPSA) is 74.7 Å². The molecule has 0 unspecified atom stereocenters. The van der Waals surface area contributed by atoms with Gasteiger partial charge in [-0.05, 0) is 30.4 Å². The summed E-state index contributed by atoms with van der Waals surface area (Å²) in [5, 5.41) is 11.8. The van der Waals surface area contributed by atoms with Crippen molar-refractivity contribution in [1.29, 1.82) is 0 Å². The Morgan fingerprint density at radius 1 is 1.44 bits per heavy atom. The molecule has 0 atom stereocenters. The van der Waals surface area contributed by atoms with Crippen LogP contribution in [0.15, 0.2) is 23.5 Å². The predicted molar refractivity (Wildman–Crippen MR) is 72.0 cm³/mol. The molecule has 0 aliphatic carbocycles. The molecule has 2 rings (SSSR count). The number of nitrogens with two attached hydrogens (primary N) is 1. The van der Waals surface area contributed by atoms with Crippen LogP contribution in [0, 0.1) is 5.41 Å². The molecule has 1 aliphatic heterocycles. The zero-order chi connectivity index (χ0) is 13.2. The summed E-state index contributed by atoms with van der Waals surface area (Å²) in [4.78, 5) is 6.46. The van der Waals surface area contributed by atoms with Crippen LogP contribution in [0.3, 0.4) is 0 Å². The van der Waals surface area contributed by atoms with E-state index in [1.165, 1.54) is 0 Å². The second-order valence-electron chi connectivity index (χ2n) is 5.51. The van der Waals surface area contributed by atoms with Crippen molar-refractivity contribution in [3.05, 3.63) is 24.0 Å². The van der Waals surface area contributed by atoms with Crippen molar-refractivity contribution in [3.63, 3.8) is 0 Å². The van der Waals surface area contributed by atoms with Gasteiger partial charge in [-0.1, -0.05) is 19.0 Å². The van der Waals surface area contributed by atoms with Crippen molar-refractivity contribution in [3.8, 4) is 0 Å². The molecule has 0 spiro atoms. The van der Waals surface area contributed by atoms with Gasteiger partial charge in [0.2, 0.25) is 0 Å². The van der Waals surface area contributed by atoms with Gasteiger partial charge < -0.3 is 15.8 Å². The van der Waals surface area contributed by atoms with Crippen molar-refractivity contribution in [2.75, 3.05) is 18.0 Å². The van der Waals surface area contributed by atoms with E-state index in [1.807, 2.05) is 12.1 Å². The van der Waals surface area contributed by atoms with Crippen LogP contribution < -0.4 is 10.6 Å². The number of oxime groups is 1. The molecule has 0 bridgehead atoms. The summed E-state index contributed by atoms with van der Waals surface area (Å²) in [5.74, 6) is 0.0652. The summed E-state index contributed by atoms with van der Waals surface area (Å²) in [6, 6.07) is 3.85. The van der Waals surface area contributed by atoms with Gasteiger partial charge >= 0.3 is 0 Å². The highest BCUT2D eigenvalue weighted by Crippen LogP contribution is 2.32. The van der Waals surface area contributed by atoms with Gasteiger partial charge in [-0.15, -0.1) is 0 Å². The minimum absolute atomic E-state index is 0.0652. The molecular weight excluding hydrogens is 228 g/mol. The maximum Gasteiger partial charge on any atom is 0.190 e. The lowest BCUT2D eigenvalue weighted by Gasteiger charge is -2.38. The van der Waals surface area contributed by atoms with Crippen molar-refractivity contribution in [2.24, 2.45) is 16.3 Å².